The molecule has 0 unspecified atom stereocenters. The van der Waals surface area contributed by atoms with E-state index in [4.69, 9.17) is 16.7 Å². The van der Waals surface area contributed by atoms with Crippen molar-refractivity contribution in [2.24, 2.45) is 10.2 Å². The average molecular weight is 366 g/mol. The Hall–Kier alpha value is -2.22. The molecule has 0 aliphatic heterocycles. The Kier molecular flexibility index (Phi) is 5.38. The highest BCUT2D eigenvalue weighted by Crippen LogP contribution is 2.21. The summed E-state index contributed by atoms with van der Waals surface area (Å²) in [6.07, 6.45) is 1.52. The van der Waals surface area contributed by atoms with Gasteiger partial charge in [0.25, 0.3) is 5.91 Å². The largest absolute Gasteiger partial charge is 0.271 e. The molecule has 0 aromatic heterocycles. The molecule has 0 bridgehead atoms. The zero-order chi connectivity index (χ0) is 17.9. The Bertz CT molecular complexity index is 924. The Morgan fingerprint density at radius 2 is 1.92 bits per heavy atom. The topological polar surface area (TPSA) is 102 Å². The first-order chi connectivity index (χ1) is 11.2. The molecule has 6 nitrogen and oxygen atoms in total. The minimum Gasteiger partial charge on any atom is -0.267 e. The van der Waals surface area contributed by atoms with Crippen LogP contribution in [-0.4, -0.2) is 20.5 Å². The van der Waals surface area contributed by atoms with Gasteiger partial charge in [0, 0.05) is 5.56 Å². The summed E-state index contributed by atoms with van der Waals surface area (Å²) in [6.45, 7) is 3.92. The Morgan fingerprint density at radius 1 is 1.21 bits per heavy atom. The standard InChI is InChI=1S/C16H16ClN3O3S/c1-10-3-4-13(11(2)7-10)9-19-20-16(21)12-5-6-14(17)15(8-12)24(18,22)23/h3-9H,1-2H3,(H,20,21)(H2,18,22,23)/b19-9-. The highest BCUT2D eigenvalue weighted by atomic mass is 35.5. The van der Waals surface area contributed by atoms with Gasteiger partial charge < -0.3 is 0 Å². The molecule has 0 atom stereocenters. The molecule has 0 spiro atoms. The van der Waals surface area contributed by atoms with E-state index >= 15 is 0 Å². The minimum atomic E-state index is -4.01. The number of amides is 1. The van der Waals surface area contributed by atoms with Crippen LogP contribution in [0.25, 0.3) is 0 Å². The SMILES string of the molecule is Cc1ccc(/C=N\NC(=O)c2ccc(Cl)c(S(N)(=O)=O)c2)c(C)c1. The number of hydrazone groups is 1. The maximum absolute atomic E-state index is 12.1. The lowest BCUT2D eigenvalue weighted by molar-refractivity contribution is 0.0955. The third-order valence-corrected chi connectivity index (χ3v) is 4.69. The van der Waals surface area contributed by atoms with Crippen molar-refractivity contribution in [3.63, 3.8) is 0 Å². The van der Waals surface area contributed by atoms with Gasteiger partial charge in [0.05, 0.1) is 11.2 Å². The summed E-state index contributed by atoms with van der Waals surface area (Å²) in [5, 5.41) is 8.89. The van der Waals surface area contributed by atoms with Crippen molar-refractivity contribution in [3.05, 3.63) is 63.7 Å². The van der Waals surface area contributed by atoms with Crippen molar-refractivity contribution in [2.45, 2.75) is 18.7 Å². The summed E-state index contributed by atoms with van der Waals surface area (Å²) in [6, 6.07) is 9.62. The maximum Gasteiger partial charge on any atom is 0.271 e. The summed E-state index contributed by atoms with van der Waals surface area (Å²) in [4.78, 5) is 11.8. The lowest BCUT2D eigenvalue weighted by atomic mass is 10.1. The minimum absolute atomic E-state index is 0.0483. The van der Waals surface area contributed by atoms with E-state index in [1.807, 2.05) is 32.0 Å². The van der Waals surface area contributed by atoms with Crippen molar-refractivity contribution in [3.8, 4) is 0 Å². The van der Waals surface area contributed by atoms with Crippen LogP contribution in [0.1, 0.15) is 27.0 Å². The van der Waals surface area contributed by atoms with Crippen LogP contribution >= 0.6 is 11.6 Å². The number of nitrogens with zero attached hydrogens (tertiary/aromatic N) is 1. The number of sulfonamides is 1. The van der Waals surface area contributed by atoms with Crippen LogP contribution in [0.15, 0.2) is 46.4 Å². The van der Waals surface area contributed by atoms with Crippen molar-refractivity contribution < 1.29 is 13.2 Å². The number of nitrogens with two attached hydrogens (primary N) is 1. The molecule has 24 heavy (non-hydrogen) atoms. The summed E-state index contributed by atoms with van der Waals surface area (Å²) in [5.74, 6) is -0.572. The van der Waals surface area contributed by atoms with Crippen molar-refractivity contribution >= 4 is 33.7 Å². The van der Waals surface area contributed by atoms with Gasteiger partial charge in [0.2, 0.25) is 10.0 Å². The van der Waals surface area contributed by atoms with E-state index in [9.17, 15) is 13.2 Å². The molecule has 0 heterocycles. The molecule has 0 aliphatic carbocycles. The Balaban J connectivity index is 2.17. The van der Waals surface area contributed by atoms with E-state index < -0.39 is 15.9 Å². The first kappa shape index (κ1) is 18.1. The Labute approximate surface area is 145 Å². The highest BCUT2D eigenvalue weighted by molar-refractivity contribution is 7.89. The van der Waals surface area contributed by atoms with E-state index in [1.165, 1.54) is 18.3 Å². The molecule has 0 radical (unpaired) electrons. The molecular formula is C16H16ClN3O3S. The van der Waals surface area contributed by atoms with E-state index in [1.54, 1.807) is 0 Å². The van der Waals surface area contributed by atoms with Gasteiger partial charge in [-0.2, -0.15) is 5.10 Å². The van der Waals surface area contributed by atoms with Crippen LogP contribution in [0.4, 0.5) is 0 Å². The summed E-state index contributed by atoms with van der Waals surface area (Å²) in [5.41, 5.74) is 5.44. The van der Waals surface area contributed by atoms with Crippen LogP contribution < -0.4 is 10.6 Å². The molecule has 0 saturated heterocycles. The van der Waals surface area contributed by atoms with Crippen LogP contribution in [0.3, 0.4) is 0 Å². The molecule has 0 aliphatic rings. The lowest BCUT2D eigenvalue weighted by Gasteiger charge is -2.05. The first-order valence-electron chi connectivity index (χ1n) is 6.91. The zero-order valence-corrected chi connectivity index (χ0v) is 14.6. The maximum atomic E-state index is 12.1. The van der Waals surface area contributed by atoms with Gasteiger partial charge in [-0.05, 0) is 43.2 Å². The van der Waals surface area contributed by atoms with Gasteiger partial charge in [-0.15, -0.1) is 0 Å². The van der Waals surface area contributed by atoms with Gasteiger partial charge in [-0.3, -0.25) is 4.79 Å². The van der Waals surface area contributed by atoms with Crippen molar-refractivity contribution in [1.29, 1.82) is 0 Å². The van der Waals surface area contributed by atoms with Gasteiger partial charge in [0.1, 0.15) is 4.90 Å². The fourth-order valence-corrected chi connectivity index (χ4v) is 3.13. The second-order valence-corrected chi connectivity index (χ2v) is 7.19. The zero-order valence-electron chi connectivity index (χ0n) is 13.1. The number of hydrogen-bond donors (Lipinski definition) is 2. The number of nitrogens with one attached hydrogen (secondary N) is 1. The van der Waals surface area contributed by atoms with Gasteiger partial charge in [-0.25, -0.2) is 19.0 Å². The number of aryl methyl sites for hydroxylation is 2. The van der Waals surface area contributed by atoms with Crippen LogP contribution in [0, 0.1) is 13.8 Å². The van der Waals surface area contributed by atoms with Gasteiger partial charge in [0.15, 0.2) is 0 Å². The molecule has 2 rings (SSSR count). The Morgan fingerprint density at radius 3 is 2.54 bits per heavy atom. The molecule has 1 amide bonds. The number of carbonyl (C=O) groups is 1. The van der Waals surface area contributed by atoms with Crippen LogP contribution in [0.2, 0.25) is 5.02 Å². The third-order valence-electron chi connectivity index (χ3n) is 3.29. The van der Waals surface area contributed by atoms with E-state index in [0.29, 0.717) is 0 Å². The molecule has 126 valence electrons. The first-order valence-corrected chi connectivity index (χ1v) is 8.84. The van der Waals surface area contributed by atoms with E-state index in [0.717, 1.165) is 22.8 Å². The molecule has 0 saturated carbocycles. The lowest BCUT2D eigenvalue weighted by Crippen LogP contribution is -2.19. The number of hydrogen-bond acceptors (Lipinski definition) is 4. The summed E-state index contributed by atoms with van der Waals surface area (Å²) < 4.78 is 22.8. The fourth-order valence-electron chi connectivity index (χ4n) is 2.06. The van der Waals surface area contributed by atoms with E-state index in [-0.39, 0.29) is 15.5 Å². The molecule has 2 aromatic rings. The molecule has 0 fully saturated rings. The quantitative estimate of drug-likeness (QED) is 0.642. The molecular weight excluding hydrogens is 350 g/mol. The number of benzene rings is 2. The molecule has 2 aromatic carbocycles. The summed E-state index contributed by atoms with van der Waals surface area (Å²) >= 11 is 5.78. The number of halogens is 1. The van der Waals surface area contributed by atoms with Crippen LogP contribution in [-0.2, 0) is 10.0 Å². The monoisotopic (exact) mass is 365 g/mol. The normalized spacial score (nSPS) is 11.7. The predicted molar refractivity (Wildman–Crippen MR) is 93.8 cm³/mol. The predicted octanol–water partition coefficient (Wildman–Crippen LogP) is 2.37. The smallest absolute Gasteiger partial charge is 0.267 e. The summed E-state index contributed by atoms with van der Waals surface area (Å²) in [7, 11) is -4.01. The third kappa shape index (κ3) is 4.41. The van der Waals surface area contributed by atoms with Gasteiger partial charge >= 0.3 is 0 Å². The number of carbonyl (C=O) groups excluding carboxylic acids is 1. The van der Waals surface area contributed by atoms with Crippen molar-refractivity contribution in [1.82, 2.24) is 5.43 Å². The molecule has 8 heteroatoms. The second-order valence-electron chi connectivity index (χ2n) is 5.25. The highest BCUT2D eigenvalue weighted by Gasteiger charge is 2.16. The number of rotatable bonds is 4. The van der Waals surface area contributed by atoms with Gasteiger partial charge in [-0.1, -0.05) is 35.4 Å². The fraction of sp³-hybridized carbons (Fsp3) is 0.125. The second kappa shape index (κ2) is 7.12. The number of primary sulfonamides is 1. The molecule has 3 N–H and O–H groups in total. The average Bonchev–Trinajstić information content (AvgIpc) is 2.48. The van der Waals surface area contributed by atoms with Crippen molar-refractivity contribution in [2.75, 3.05) is 0 Å². The van der Waals surface area contributed by atoms with Crippen LogP contribution in [0.5, 0.6) is 0 Å². The van der Waals surface area contributed by atoms with E-state index in [2.05, 4.69) is 10.5 Å².